The van der Waals surface area contributed by atoms with Crippen LogP contribution in [-0.4, -0.2) is 66.7 Å². The molecule has 2 saturated heterocycles. The molecule has 2 fully saturated rings. The molecule has 3 rings (SSSR count). The van der Waals surface area contributed by atoms with Gasteiger partial charge in [-0.15, -0.1) is 11.3 Å². The maximum absolute atomic E-state index is 12.4. The van der Waals surface area contributed by atoms with Crippen molar-refractivity contribution in [3.05, 3.63) is 21.9 Å². The average molecular weight is 347 g/mol. The van der Waals surface area contributed by atoms with E-state index in [9.17, 15) is 13.2 Å². The van der Waals surface area contributed by atoms with E-state index in [1.165, 1.54) is 41.3 Å². The summed E-state index contributed by atoms with van der Waals surface area (Å²) >= 11 is 1.78. The number of thiophene rings is 1. The van der Waals surface area contributed by atoms with Crippen molar-refractivity contribution in [1.29, 1.82) is 0 Å². The van der Waals surface area contributed by atoms with Crippen LogP contribution in [0.15, 0.2) is 11.4 Å². The van der Waals surface area contributed by atoms with E-state index in [0.29, 0.717) is 13.1 Å². The highest BCUT2D eigenvalue weighted by molar-refractivity contribution is 7.10. The Kier molecular flexibility index (Phi) is 5.61. The molecular formula is C16H24F3N3S. The van der Waals surface area contributed by atoms with E-state index in [-0.39, 0.29) is 0 Å². The Morgan fingerprint density at radius 3 is 2.13 bits per heavy atom. The molecule has 2 aliphatic rings. The summed E-state index contributed by atoms with van der Waals surface area (Å²) in [6, 6.07) is 2.27. The molecule has 3 nitrogen and oxygen atoms in total. The summed E-state index contributed by atoms with van der Waals surface area (Å²) in [5.74, 6) is 0. The summed E-state index contributed by atoms with van der Waals surface area (Å²) in [5, 5.41) is 2.23. The molecule has 0 unspecified atom stereocenters. The Hall–Kier alpha value is -0.630. The van der Waals surface area contributed by atoms with E-state index < -0.39 is 12.7 Å². The minimum atomic E-state index is -4.08. The highest BCUT2D eigenvalue weighted by Crippen LogP contribution is 2.22. The minimum Gasteiger partial charge on any atom is -0.299 e. The fourth-order valence-electron chi connectivity index (χ4n) is 3.37. The molecular weight excluding hydrogens is 323 g/mol. The van der Waals surface area contributed by atoms with Crippen LogP contribution in [0, 0.1) is 0 Å². The van der Waals surface area contributed by atoms with Crippen LogP contribution in [0.3, 0.4) is 0 Å². The quantitative estimate of drug-likeness (QED) is 0.811. The van der Waals surface area contributed by atoms with Crippen LogP contribution in [0.1, 0.15) is 23.3 Å². The first kappa shape index (κ1) is 17.2. The van der Waals surface area contributed by atoms with E-state index in [1.54, 1.807) is 11.3 Å². The van der Waals surface area contributed by atoms with Crippen LogP contribution in [-0.2, 0) is 13.1 Å². The number of hydrogen-bond donors (Lipinski definition) is 0. The number of halogens is 3. The Morgan fingerprint density at radius 2 is 1.48 bits per heavy atom. The van der Waals surface area contributed by atoms with Crippen molar-refractivity contribution in [2.75, 3.05) is 45.8 Å². The summed E-state index contributed by atoms with van der Waals surface area (Å²) in [6.45, 7) is 5.97. The number of piperazine rings is 1. The SMILES string of the molecule is FC(F)(F)CN1CCN(Cc2cc(CN3CCCC3)cs2)CC1. The van der Waals surface area contributed by atoms with Crippen LogP contribution in [0.2, 0.25) is 0 Å². The van der Waals surface area contributed by atoms with Gasteiger partial charge < -0.3 is 0 Å². The first-order valence-corrected chi connectivity index (χ1v) is 9.16. The maximum Gasteiger partial charge on any atom is 0.401 e. The number of alkyl halides is 3. The summed E-state index contributed by atoms with van der Waals surface area (Å²) in [7, 11) is 0. The van der Waals surface area contributed by atoms with Gasteiger partial charge in [0.25, 0.3) is 0 Å². The van der Waals surface area contributed by atoms with Crippen LogP contribution >= 0.6 is 11.3 Å². The number of likely N-dealkylation sites (tertiary alicyclic amines) is 1. The van der Waals surface area contributed by atoms with E-state index in [2.05, 4.69) is 21.2 Å². The molecule has 1 aromatic rings. The van der Waals surface area contributed by atoms with Crippen molar-refractivity contribution in [3.63, 3.8) is 0 Å². The molecule has 23 heavy (non-hydrogen) atoms. The highest BCUT2D eigenvalue weighted by Gasteiger charge is 2.32. The fraction of sp³-hybridized carbons (Fsp3) is 0.750. The summed E-state index contributed by atoms with van der Waals surface area (Å²) in [4.78, 5) is 7.58. The molecule has 0 bridgehead atoms. The smallest absolute Gasteiger partial charge is 0.299 e. The van der Waals surface area contributed by atoms with Crippen LogP contribution in [0.4, 0.5) is 13.2 Å². The van der Waals surface area contributed by atoms with Crippen molar-refractivity contribution < 1.29 is 13.2 Å². The molecule has 0 aliphatic carbocycles. The predicted octanol–water partition coefficient (Wildman–Crippen LogP) is 3.02. The molecule has 2 aliphatic heterocycles. The van der Waals surface area contributed by atoms with Gasteiger partial charge in [0.2, 0.25) is 0 Å². The van der Waals surface area contributed by atoms with Gasteiger partial charge in [0.1, 0.15) is 0 Å². The Balaban J connectivity index is 1.43. The zero-order valence-electron chi connectivity index (χ0n) is 13.3. The van der Waals surface area contributed by atoms with Crippen LogP contribution in [0.5, 0.6) is 0 Å². The van der Waals surface area contributed by atoms with Gasteiger partial charge in [0, 0.05) is 44.1 Å². The zero-order valence-corrected chi connectivity index (χ0v) is 14.1. The van der Waals surface area contributed by atoms with E-state index >= 15 is 0 Å². The average Bonchev–Trinajstić information content (AvgIpc) is 3.12. The second-order valence-corrected chi connectivity index (χ2v) is 7.57. The topological polar surface area (TPSA) is 9.72 Å². The lowest BCUT2D eigenvalue weighted by molar-refractivity contribution is -0.149. The molecule has 1 aromatic heterocycles. The normalized spacial score (nSPS) is 22.0. The van der Waals surface area contributed by atoms with Crippen molar-refractivity contribution in [2.24, 2.45) is 0 Å². The fourth-order valence-corrected chi connectivity index (χ4v) is 4.29. The zero-order chi connectivity index (χ0) is 16.3. The molecule has 0 saturated carbocycles. The third-order valence-corrected chi connectivity index (χ3v) is 5.53. The molecule has 0 amide bonds. The maximum atomic E-state index is 12.4. The van der Waals surface area contributed by atoms with Crippen molar-refractivity contribution in [2.45, 2.75) is 32.1 Å². The monoisotopic (exact) mass is 347 g/mol. The predicted molar refractivity (Wildman–Crippen MR) is 86.6 cm³/mol. The van der Waals surface area contributed by atoms with Gasteiger partial charge in [0.05, 0.1) is 6.54 Å². The Labute approximate surface area is 139 Å². The van der Waals surface area contributed by atoms with Gasteiger partial charge in [-0.05, 0) is 42.9 Å². The van der Waals surface area contributed by atoms with Gasteiger partial charge in [-0.3, -0.25) is 14.7 Å². The highest BCUT2D eigenvalue weighted by atomic mass is 32.1. The summed E-state index contributed by atoms with van der Waals surface area (Å²) in [5.41, 5.74) is 1.38. The first-order chi connectivity index (χ1) is 11.0. The van der Waals surface area contributed by atoms with E-state index in [1.807, 2.05) is 0 Å². The Morgan fingerprint density at radius 1 is 0.870 bits per heavy atom. The van der Waals surface area contributed by atoms with Crippen molar-refractivity contribution in [3.8, 4) is 0 Å². The minimum absolute atomic E-state index is 0.505. The first-order valence-electron chi connectivity index (χ1n) is 8.28. The molecule has 3 heterocycles. The van der Waals surface area contributed by atoms with Crippen LogP contribution in [0.25, 0.3) is 0 Å². The molecule has 130 valence electrons. The van der Waals surface area contributed by atoms with Crippen molar-refractivity contribution in [1.82, 2.24) is 14.7 Å². The molecule has 0 aromatic carbocycles. The third-order valence-electron chi connectivity index (χ3n) is 4.56. The summed E-state index contributed by atoms with van der Waals surface area (Å²) in [6.07, 6.45) is -1.47. The molecule has 7 heteroatoms. The lowest BCUT2D eigenvalue weighted by atomic mass is 10.2. The summed E-state index contributed by atoms with van der Waals surface area (Å²) < 4.78 is 37.2. The Bertz CT molecular complexity index is 489. The second kappa shape index (κ2) is 7.51. The molecule has 0 N–H and O–H groups in total. The number of nitrogens with zero attached hydrogens (tertiary/aromatic N) is 3. The van der Waals surface area contributed by atoms with Gasteiger partial charge in [-0.25, -0.2) is 0 Å². The van der Waals surface area contributed by atoms with Crippen LogP contribution < -0.4 is 0 Å². The largest absolute Gasteiger partial charge is 0.401 e. The lowest BCUT2D eigenvalue weighted by Crippen LogP contribution is -2.48. The van der Waals surface area contributed by atoms with Gasteiger partial charge in [0.15, 0.2) is 0 Å². The van der Waals surface area contributed by atoms with Gasteiger partial charge in [-0.2, -0.15) is 13.2 Å². The molecule has 0 atom stereocenters. The number of rotatable bonds is 5. The third kappa shape index (κ3) is 5.45. The van der Waals surface area contributed by atoms with E-state index in [0.717, 1.165) is 26.2 Å². The van der Waals surface area contributed by atoms with Gasteiger partial charge in [-0.1, -0.05) is 0 Å². The van der Waals surface area contributed by atoms with Gasteiger partial charge >= 0.3 is 6.18 Å². The van der Waals surface area contributed by atoms with Crippen molar-refractivity contribution >= 4 is 11.3 Å². The molecule has 0 radical (unpaired) electrons. The standard InChI is InChI=1S/C16H24F3N3S/c17-16(18,19)13-22-7-5-21(6-8-22)11-15-9-14(12-23-15)10-20-3-1-2-4-20/h9,12H,1-8,10-11,13H2. The molecule has 0 spiro atoms. The second-order valence-electron chi connectivity index (χ2n) is 6.57. The van der Waals surface area contributed by atoms with E-state index in [4.69, 9.17) is 0 Å². The lowest BCUT2D eigenvalue weighted by Gasteiger charge is -2.34. The number of hydrogen-bond acceptors (Lipinski definition) is 4.